The molecule has 0 aliphatic heterocycles. The van der Waals surface area contributed by atoms with Crippen LogP contribution in [-0.2, 0) is 18.4 Å². The lowest BCUT2D eigenvalue weighted by Crippen LogP contribution is -2.18. The quantitative estimate of drug-likeness (QED) is 0.155. The molecule has 7 N–H and O–H groups in total. The maximum Gasteiger partial charge on any atom is 0.470 e. The topological polar surface area (TPSA) is 194 Å². The van der Waals surface area contributed by atoms with Gasteiger partial charge in [0.2, 0.25) is 5.91 Å². The zero-order valence-electron chi connectivity index (χ0n) is 19.3. The number of phenolic OH excluding ortho intramolecular Hbond substituents is 2. The summed E-state index contributed by atoms with van der Waals surface area (Å²) < 4.78 is 26.6. The van der Waals surface area contributed by atoms with Crippen molar-refractivity contribution < 1.29 is 48.2 Å². The SMILES string of the molecule is CCC(c1ccc(O)cc1)C(CC)c1ccc(O)c(NC(=O)CCC(OP(=O)(O)O)P(=O)(O)O)c1. The molecule has 35 heavy (non-hydrogen) atoms. The Kier molecular flexibility index (Phi) is 10.1. The number of benzene rings is 2. The summed E-state index contributed by atoms with van der Waals surface area (Å²) in [6.07, 6.45) is 0.371. The van der Waals surface area contributed by atoms with E-state index in [0.29, 0.717) is 0 Å². The highest BCUT2D eigenvalue weighted by Crippen LogP contribution is 2.52. The molecule has 0 aliphatic carbocycles. The molecular formula is C22H31NO10P2. The number of phenols is 2. The second kappa shape index (κ2) is 12.1. The van der Waals surface area contributed by atoms with E-state index in [0.717, 1.165) is 24.0 Å². The number of nitrogens with one attached hydrogen (secondary N) is 1. The third-order valence-corrected chi connectivity index (χ3v) is 7.47. The van der Waals surface area contributed by atoms with E-state index in [4.69, 9.17) is 9.79 Å². The summed E-state index contributed by atoms with van der Waals surface area (Å²) in [6.45, 7) is 4.06. The number of rotatable bonds is 12. The third-order valence-electron chi connectivity index (χ3n) is 5.66. The molecule has 2 aromatic carbocycles. The number of anilines is 1. The Bertz CT molecular complexity index is 1100. The standard InChI is InChI=1S/C22H31NO10P2/c1-3-17(14-5-8-16(24)9-6-14)18(4-2)15-7-10-20(25)19(13-15)23-21(26)11-12-22(34(27,28)29)33-35(30,31)32/h5-10,13,17-18,22,24-25H,3-4,11-12H2,1-2H3,(H,23,26)(H2,27,28,29)(H2,30,31,32). The highest BCUT2D eigenvalue weighted by Gasteiger charge is 2.36. The smallest absolute Gasteiger partial charge is 0.470 e. The first-order chi connectivity index (χ1) is 16.2. The van der Waals surface area contributed by atoms with Gasteiger partial charge < -0.3 is 35.1 Å². The molecule has 0 radical (unpaired) electrons. The van der Waals surface area contributed by atoms with Crippen molar-refractivity contribution in [1.29, 1.82) is 0 Å². The van der Waals surface area contributed by atoms with Gasteiger partial charge >= 0.3 is 15.4 Å². The molecule has 2 rings (SSSR count). The van der Waals surface area contributed by atoms with Crippen molar-refractivity contribution in [2.24, 2.45) is 0 Å². The fraction of sp³-hybridized carbons (Fsp3) is 0.409. The van der Waals surface area contributed by atoms with E-state index >= 15 is 0 Å². The molecule has 3 unspecified atom stereocenters. The second-order valence-electron chi connectivity index (χ2n) is 8.12. The number of carbonyl (C=O) groups is 1. The second-order valence-corrected chi connectivity index (χ2v) is 11.1. The molecule has 3 atom stereocenters. The molecule has 0 aromatic heterocycles. The van der Waals surface area contributed by atoms with Gasteiger partial charge in [-0.05, 0) is 66.5 Å². The number of phosphoric acid groups is 1. The van der Waals surface area contributed by atoms with Gasteiger partial charge in [-0.3, -0.25) is 13.9 Å². The Labute approximate surface area is 203 Å². The van der Waals surface area contributed by atoms with E-state index < -0.39 is 40.0 Å². The van der Waals surface area contributed by atoms with E-state index in [1.165, 1.54) is 6.07 Å². The van der Waals surface area contributed by atoms with Gasteiger partial charge in [0.05, 0.1) is 5.69 Å². The molecule has 13 heteroatoms. The zero-order chi connectivity index (χ0) is 26.4. The molecule has 2 aromatic rings. The maximum atomic E-state index is 12.4. The molecule has 194 valence electrons. The van der Waals surface area contributed by atoms with Gasteiger partial charge in [-0.15, -0.1) is 0 Å². The highest BCUT2D eigenvalue weighted by molar-refractivity contribution is 7.53. The van der Waals surface area contributed by atoms with Crippen LogP contribution in [-0.4, -0.2) is 41.5 Å². The van der Waals surface area contributed by atoms with Crippen LogP contribution in [0.2, 0.25) is 0 Å². The molecule has 0 aliphatic rings. The first-order valence-electron chi connectivity index (χ1n) is 11.0. The van der Waals surface area contributed by atoms with Crippen LogP contribution in [0.4, 0.5) is 5.69 Å². The molecule has 0 fully saturated rings. The molecule has 11 nitrogen and oxygen atoms in total. The number of aromatic hydroxyl groups is 2. The number of hydrogen-bond acceptors (Lipinski definition) is 6. The van der Waals surface area contributed by atoms with Crippen molar-refractivity contribution in [3.05, 3.63) is 53.6 Å². The summed E-state index contributed by atoms with van der Waals surface area (Å²) >= 11 is 0. The van der Waals surface area contributed by atoms with Crippen molar-refractivity contribution in [3.8, 4) is 11.5 Å². The minimum atomic E-state index is -5.19. The molecule has 0 spiro atoms. The zero-order valence-corrected chi connectivity index (χ0v) is 21.1. The molecule has 0 saturated carbocycles. The normalized spacial score (nSPS) is 14.8. The first-order valence-corrected chi connectivity index (χ1v) is 14.2. The Hall–Kier alpha value is -2.23. The van der Waals surface area contributed by atoms with Crippen LogP contribution in [0.25, 0.3) is 0 Å². The lowest BCUT2D eigenvalue weighted by Gasteiger charge is -2.27. The van der Waals surface area contributed by atoms with Crippen molar-refractivity contribution >= 4 is 27.0 Å². The number of amides is 1. The number of phosphoric ester groups is 1. The minimum absolute atomic E-state index is 0.0245. The number of hydrogen-bond donors (Lipinski definition) is 7. The summed E-state index contributed by atoms with van der Waals surface area (Å²) in [5.41, 5.74) is 1.97. The number of carbonyl (C=O) groups excluding carboxylic acids is 1. The lowest BCUT2D eigenvalue weighted by atomic mass is 9.78. The Morgan fingerprint density at radius 1 is 0.914 bits per heavy atom. The van der Waals surface area contributed by atoms with E-state index in [1.807, 2.05) is 26.0 Å². The van der Waals surface area contributed by atoms with Crippen LogP contribution < -0.4 is 5.32 Å². The van der Waals surface area contributed by atoms with Crippen molar-refractivity contribution in [2.75, 3.05) is 5.32 Å². The van der Waals surface area contributed by atoms with E-state index in [9.17, 15) is 33.9 Å². The van der Waals surface area contributed by atoms with E-state index in [2.05, 4.69) is 9.84 Å². The van der Waals surface area contributed by atoms with Gasteiger partial charge in [-0.1, -0.05) is 32.0 Å². The molecule has 1 amide bonds. The molecular weight excluding hydrogens is 500 g/mol. The summed E-state index contributed by atoms with van der Waals surface area (Å²) in [6, 6.07) is 11.8. The fourth-order valence-electron chi connectivity index (χ4n) is 4.02. The largest absolute Gasteiger partial charge is 0.508 e. The Morgan fingerprint density at radius 2 is 1.46 bits per heavy atom. The van der Waals surface area contributed by atoms with Gasteiger partial charge in [0.1, 0.15) is 11.5 Å². The molecule has 0 saturated heterocycles. The van der Waals surface area contributed by atoms with Gasteiger partial charge in [0, 0.05) is 6.42 Å². The van der Waals surface area contributed by atoms with Crippen LogP contribution in [0, 0.1) is 0 Å². The first kappa shape index (κ1) is 29.0. The maximum absolute atomic E-state index is 12.4. The fourth-order valence-corrected chi connectivity index (χ4v) is 5.77. The highest BCUT2D eigenvalue weighted by atomic mass is 31.2. The minimum Gasteiger partial charge on any atom is -0.508 e. The van der Waals surface area contributed by atoms with Crippen LogP contribution in [0.3, 0.4) is 0 Å². The predicted octanol–water partition coefficient (Wildman–Crippen LogP) is 4.12. The molecule has 0 heterocycles. The van der Waals surface area contributed by atoms with Gasteiger partial charge in [0.25, 0.3) is 0 Å². The summed E-state index contributed by atoms with van der Waals surface area (Å²) in [4.78, 5) is 48.6. The van der Waals surface area contributed by atoms with Gasteiger partial charge in [-0.25, -0.2) is 4.57 Å². The molecule has 0 bridgehead atoms. The summed E-state index contributed by atoms with van der Waals surface area (Å²) in [7, 11) is -10.2. The van der Waals surface area contributed by atoms with Gasteiger partial charge in [-0.2, -0.15) is 0 Å². The van der Waals surface area contributed by atoms with E-state index in [-0.39, 0.29) is 29.0 Å². The average Bonchev–Trinajstić information content (AvgIpc) is 2.76. The van der Waals surface area contributed by atoms with Crippen LogP contribution >= 0.6 is 15.4 Å². The summed E-state index contributed by atoms with van der Waals surface area (Å²) in [5, 5.41) is 22.3. The third kappa shape index (κ3) is 8.74. The van der Waals surface area contributed by atoms with Crippen molar-refractivity contribution in [3.63, 3.8) is 0 Å². The average molecular weight is 531 g/mol. The van der Waals surface area contributed by atoms with Crippen LogP contribution in [0.5, 0.6) is 11.5 Å². The Morgan fingerprint density at radius 3 is 1.97 bits per heavy atom. The van der Waals surface area contributed by atoms with Crippen LogP contribution in [0.15, 0.2) is 42.5 Å². The Balaban J connectivity index is 2.20. The van der Waals surface area contributed by atoms with Crippen molar-refractivity contribution in [1.82, 2.24) is 0 Å². The van der Waals surface area contributed by atoms with Gasteiger partial charge in [0.15, 0.2) is 5.85 Å². The van der Waals surface area contributed by atoms with E-state index in [1.54, 1.807) is 24.3 Å². The predicted molar refractivity (Wildman–Crippen MR) is 129 cm³/mol. The van der Waals surface area contributed by atoms with Crippen molar-refractivity contribution in [2.45, 2.75) is 57.2 Å². The monoisotopic (exact) mass is 531 g/mol. The van der Waals surface area contributed by atoms with Crippen LogP contribution in [0.1, 0.15) is 62.5 Å². The lowest BCUT2D eigenvalue weighted by molar-refractivity contribution is -0.116. The summed E-state index contributed by atoms with van der Waals surface area (Å²) in [5.74, 6) is -2.82.